The molecule has 0 bridgehead atoms. The monoisotopic (exact) mass is 459 g/mol. The van der Waals surface area contributed by atoms with E-state index in [-0.39, 0.29) is 30.9 Å². The molecule has 0 saturated heterocycles. The molecule has 0 spiro atoms. The zero-order chi connectivity index (χ0) is 22.9. The minimum absolute atomic E-state index is 0.0411. The first-order chi connectivity index (χ1) is 16.0. The fourth-order valence-corrected chi connectivity index (χ4v) is 5.11. The van der Waals surface area contributed by atoms with Crippen molar-refractivity contribution in [2.24, 2.45) is 0 Å². The van der Waals surface area contributed by atoms with E-state index in [0.717, 1.165) is 15.5 Å². The number of para-hydroxylation sites is 2. The highest BCUT2D eigenvalue weighted by Gasteiger charge is 2.28. The molecule has 0 fully saturated rings. The number of carbonyl (C=O) groups excluding carboxylic acids is 3. The maximum atomic E-state index is 13.0. The summed E-state index contributed by atoms with van der Waals surface area (Å²) in [4.78, 5) is 43.2. The number of nitrogens with zero attached hydrogens (tertiary/aromatic N) is 2. The third-order valence-corrected chi connectivity index (χ3v) is 6.67. The van der Waals surface area contributed by atoms with Gasteiger partial charge in [0.2, 0.25) is 5.91 Å². The Bertz CT molecular complexity index is 1280. The van der Waals surface area contributed by atoms with Crippen molar-refractivity contribution in [3.63, 3.8) is 0 Å². The van der Waals surface area contributed by atoms with Crippen LogP contribution in [0.5, 0.6) is 5.75 Å². The molecule has 8 heteroatoms. The molecule has 2 aliphatic rings. The van der Waals surface area contributed by atoms with Crippen LogP contribution in [-0.2, 0) is 9.59 Å². The van der Waals surface area contributed by atoms with Gasteiger partial charge in [-0.3, -0.25) is 19.3 Å². The summed E-state index contributed by atoms with van der Waals surface area (Å²) in [5, 5.41) is 2.89. The van der Waals surface area contributed by atoms with Gasteiger partial charge < -0.3 is 15.0 Å². The third-order valence-electron chi connectivity index (χ3n) is 5.54. The van der Waals surface area contributed by atoms with Gasteiger partial charge in [0.05, 0.1) is 16.9 Å². The second-order valence-corrected chi connectivity index (χ2v) is 8.70. The SMILES string of the molecule is CCN1C(=O)c2ccccc2Sc2cc(NC(=O)CN3C(=O)COc4ccccc43)ccc21. The number of anilines is 3. The first kappa shape index (κ1) is 21.1. The van der Waals surface area contributed by atoms with Crippen LogP contribution in [-0.4, -0.2) is 37.4 Å². The van der Waals surface area contributed by atoms with Crippen LogP contribution >= 0.6 is 11.8 Å². The van der Waals surface area contributed by atoms with Crippen molar-refractivity contribution in [3.05, 3.63) is 72.3 Å². The zero-order valence-corrected chi connectivity index (χ0v) is 18.7. The van der Waals surface area contributed by atoms with E-state index in [0.29, 0.717) is 29.2 Å². The van der Waals surface area contributed by atoms with E-state index in [2.05, 4.69) is 5.32 Å². The lowest BCUT2D eigenvalue weighted by molar-refractivity contribution is -0.123. The van der Waals surface area contributed by atoms with Gasteiger partial charge >= 0.3 is 0 Å². The molecule has 33 heavy (non-hydrogen) atoms. The largest absolute Gasteiger partial charge is 0.482 e. The van der Waals surface area contributed by atoms with Gasteiger partial charge in [-0.2, -0.15) is 0 Å². The van der Waals surface area contributed by atoms with E-state index in [9.17, 15) is 14.4 Å². The summed E-state index contributed by atoms with van der Waals surface area (Å²) in [6.07, 6.45) is 0. The first-order valence-corrected chi connectivity index (χ1v) is 11.4. The average Bonchev–Trinajstić information content (AvgIpc) is 2.94. The molecular weight excluding hydrogens is 438 g/mol. The Labute approximate surface area is 195 Å². The fourth-order valence-electron chi connectivity index (χ4n) is 3.99. The molecular formula is C25H21N3O4S. The molecule has 1 N–H and O–H groups in total. The summed E-state index contributed by atoms with van der Waals surface area (Å²) in [5.74, 6) is -0.0487. The minimum atomic E-state index is -0.317. The molecule has 2 aliphatic heterocycles. The van der Waals surface area contributed by atoms with Crippen LogP contribution in [0.3, 0.4) is 0 Å². The number of fused-ring (bicyclic) bond motifs is 3. The predicted octanol–water partition coefficient (Wildman–Crippen LogP) is 4.18. The minimum Gasteiger partial charge on any atom is -0.482 e. The topological polar surface area (TPSA) is 79.0 Å². The van der Waals surface area contributed by atoms with Crippen LogP contribution in [0, 0.1) is 0 Å². The summed E-state index contributed by atoms with van der Waals surface area (Å²) in [5.41, 5.74) is 2.65. The Morgan fingerprint density at radius 3 is 2.61 bits per heavy atom. The van der Waals surface area contributed by atoms with Crippen LogP contribution in [0.15, 0.2) is 76.5 Å². The van der Waals surface area contributed by atoms with Crippen LogP contribution < -0.4 is 19.9 Å². The highest BCUT2D eigenvalue weighted by molar-refractivity contribution is 7.99. The highest BCUT2D eigenvalue weighted by Crippen LogP contribution is 2.42. The van der Waals surface area contributed by atoms with Crippen molar-refractivity contribution in [2.45, 2.75) is 16.7 Å². The van der Waals surface area contributed by atoms with Gasteiger partial charge in [0.1, 0.15) is 12.3 Å². The lowest BCUT2D eigenvalue weighted by Crippen LogP contribution is -2.43. The number of benzene rings is 3. The van der Waals surface area contributed by atoms with E-state index in [1.54, 1.807) is 29.2 Å². The van der Waals surface area contributed by atoms with E-state index >= 15 is 0 Å². The van der Waals surface area contributed by atoms with Gasteiger partial charge in [-0.1, -0.05) is 36.0 Å². The lowest BCUT2D eigenvalue weighted by atomic mass is 10.1. The number of hydrogen-bond donors (Lipinski definition) is 1. The average molecular weight is 460 g/mol. The molecule has 0 saturated carbocycles. The second-order valence-electron chi connectivity index (χ2n) is 7.61. The molecule has 7 nitrogen and oxygen atoms in total. The Kier molecular flexibility index (Phi) is 5.51. The summed E-state index contributed by atoms with van der Waals surface area (Å²) < 4.78 is 5.44. The van der Waals surface area contributed by atoms with Gasteiger partial charge in [0.15, 0.2) is 6.61 Å². The maximum absolute atomic E-state index is 13.0. The van der Waals surface area contributed by atoms with Gasteiger partial charge in [0, 0.05) is 22.0 Å². The van der Waals surface area contributed by atoms with Gasteiger partial charge in [-0.25, -0.2) is 0 Å². The normalized spacial score (nSPS) is 14.6. The molecule has 166 valence electrons. The quantitative estimate of drug-likeness (QED) is 0.633. The molecule has 0 aromatic heterocycles. The number of carbonyl (C=O) groups is 3. The van der Waals surface area contributed by atoms with Crippen molar-refractivity contribution >= 4 is 46.5 Å². The Balaban J connectivity index is 1.39. The summed E-state index contributed by atoms with van der Waals surface area (Å²) in [7, 11) is 0. The van der Waals surface area contributed by atoms with Gasteiger partial charge in [-0.05, 0) is 49.4 Å². The van der Waals surface area contributed by atoms with Crippen LogP contribution in [0.25, 0.3) is 0 Å². The second kappa shape index (κ2) is 8.63. The molecule has 3 aromatic rings. The smallest absolute Gasteiger partial charge is 0.265 e. The number of ether oxygens (including phenoxy) is 1. The van der Waals surface area contributed by atoms with Crippen molar-refractivity contribution in [2.75, 3.05) is 34.8 Å². The van der Waals surface area contributed by atoms with Gasteiger partial charge in [0.25, 0.3) is 11.8 Å². The molecule has 0 aliphatic carbocycles. The fraction of sp³-hybridized carbons (Fsp3) is 0.160. The molecule has 0 radical (unpaired) electrons. The van der Waals surface area contributed by atoms with Crippen molar-refractivity contribution in [3.8, 4) is 5.75 Å². The first-order valence-electron chi connectivity index (χ1n) is 10.6. The van der Waals surface area contributed by atoms with E-state index in [1.807, 2.05) is 49.4 Å². The Morgan fingerprint density at radius 2 is 1.76 bits per heavy atom. The molecule has 5 rings (SSSR count). The van der Waals surface area contributed by atoms with Gasteiger partial charge in [-0.15, -0.1) is 0 Å². The van der Waals surface area contributed by atoms with Crippen LogP contribution in [0.1, 0.15) is 17.3 Å². The van der Waals surface area contributed by atoms with E-state index < -0.39 is 0 Å². The zero-order valence-electron chi connectivity index (χ0n) is 17.9. The van der Waals surface area contributed by atoms with Crippen LogP contribution in [0.4, 0.5) is 17.1 Å². The molecule has 3 aromatic carbocycles. The number of hydrogen-bond acceptors (Lipinski definition) is 5. The highest BCUT2D eigenvalue weighted by atomic mass is 32.2. The third kappa shape index (κ3) is 3.93. The number of rotatable bonds is 4. The van der Waals surface area contributed by atoms with E-state index in [4.69, 9.17) is 4.74 Å². The summed E-state index contributed by atoms with van der Waals surface area (Å²) in [6.45, 7) is 2.25. The predicted molar refractivity (Wildman–Crippen MR) is 127 cm³/mol. The summed E-state index contributed by atoms with van der Waals surface area (Å²) >= 11 is 1.50. The Hall–Kier alpha value is -3.78. The lowest BCUT2D eigenvalue weighted by Gasteiger charge is -2.28. The Morgan fingerprint density at radius 1 is 0.970 bits per heavy atom. The molecule has 0 unspecified atom stereocenters. The van der Waals surface area contributed by atoms with Crippen molar-refractivity contribution in [1.29, 1.82) is 0 Å². The number of nitrogens with one attached hydrogen (secondary N) is 1. The van der Waals surface area contributed by atoms with Crippen molar-refractivity contribution in [1.82, 2.24) is 0 Å². The van der Waals surface area contributed by atoms with Crippen LogP contribution in [0.2, 0.25) is 0 Å². The molecule has 3 amide bonds. The molecule has 2 heterocycles. The standard InChI is InChI=1S/C25H21N3O4S/c1-2-27-19-12-11-16(13-22(19)33-21-10-6-3-7-17(21)25(27)31)26-23(29)14-28-18-8-4-5-9-20(18)32-15-24(28)30/h3-13H,2,14-15H2,1H3,(H,26,29). The summed E-state index contributed by atoms with van der Waals surface area (Å²) in [6, 6.07) is 20.2. The van der Waals surface area contributed by atoms with E-state index in [1.165, 1.54) is 16.7 Å². The molecule has 0 atom stereocenters. The maximum Gasteiger partial charge on any atom is 0.265 e. The number of amides is 3. The van der Waals surface area contributed by atoms with Crippen molar-refractivity contribution < 1.29 is 19.1 Å².